The van der Waals surface area contributed by atoms with Crippen molar-refractivity contribution in [2.45, 2.75) is 0 Å². The van der Waals surface area contributed by atoms with Gasteiger partial charge in [-0.05, 0) is 23.1 Å². The van der Waals surface area contributed by atoms with Crippen molar-refractivity contribution in [1.29, 1.82) is 0 Å². The maximum atomic E-state index is 14.0. The summed E-state index contributed by atoms with van der Waals surface area (Å²) in [5.41, 5.74) is -0.431. The number of phenolic OH excluding ortho intramolecular Hbond substituents is 1. The summed E-state index contributed by atoms with van der Waals surface area (Å²) in [5.74, 6) is -3.82. The summed E-state index contributed by atoms with van der Waals surface area (Å²) in [6.45, 7) is 0. The first-order valence-electron chi connectivity index (χ1n) is 6.37. The molecule has 0 heterocycles. The van der Waals surface area contributed by atoms with E-state index in [4.69, 9.17) is 0 Å². The molecular formula is C17H9F3O2. The van der Waals surface area contributed by atoms with E-state index in [1.165, 1.54) is 0 Å². The van der Waals surface area contributed by atoms with Crippen LogP contribution >= 0.6 is 0 Å². The molecule has 0 amide bonds. The maximum absolute atomic E-state index is 14.0. The number of fused-ring (bicyclic) bond motifs is 1. The zero-order chi connectivity index (χ0) is 15.9. The third-order valence-corrected chi connectivity index (χ3v) is 3.47. The molecule has 0 atom stereocenters. The molecule has 110 valence electrons. The summed E-state index contributed by atoms with van der Waals surface area (Å²) in [6, 6.07) is 8.79. The van der Waals surface area contributed by atoms with Crippen molar-refractivity contribution in [2.24, 2.45) is 0 Å². The van der Waals surface area contributed by atoms with Gasteiger partial charge in [0, 0.05) is 22.6 Å². The number of hydrogen-bond acceptors (Lipinski definition) is 2. The SMILES string of the molecule is O=Cc1c(-c2cc(F)cc(F)c2F)cc(O)c2ccccc12. The molecular weight excluding hydrogens is 293 g/mol. The van der Waals surface area contributed by atoms with Gasteiger partial charge in [0.05, 0.1) is 0 Å². The van der Waals surface area contributed by atoms with Gasteiger partial charge in [0.15, 0.2) is 17.9 Å². The molecule has 22 heavy (non-hydrogen) atoms. The number of phenols is 1. The number of halogens is 3. The van der Waals surface area contributed by atoms with E-state index in [2.05, 4.69) is 0 Å². The Labute approximate surface area is 123 Å². The quantitative estimate of drug-likeness (QED) is 0.561. The van der Waals surface area contributed by atoms with Gasteiger partial charge < -0.3 is 5.11 Å². The molecule has 0 fully saturated rings. The standard InChI is InChI=1S/C17H9F3O2/c18-9-5-13(17(20)15(19)6-9)12-7-16(22)11-4-2-1-3-10(11)14(12)8-21/h1-8,22H. The fourth-order valence-electron chi connectivity index (χ4n) is 2.48. The van der Waals surface area contributed by atoms with Crippen LogP contribution in [0, 0.1) is 17.5 Å². The summed E-state index contributed by atoms with van der Waals surface area (Å²) in [7, 11) is 0. The Balaban J connectivity index is 2.44. The third kappa shape index (κ3) is 2.11. The lowest BCUT2D eigenvalue weighted by molar-refractivity contribution is 0.112. The second-order valence-electron chi connectivity index (χ2n) is 4.77. The van der Waals surface area contributed by atoms with E-state index in [9.17, 15) is 23.1 Å². The highest BCUT2D eigenvalue weighted by Gasteiger charge is 2.18. The first-order valence-corrected chi connectivity index (χ1v) is 6.37. The van der Waals surface area contributed by atoms with Crippen LogP contribution < -0.4 is 0 Å². The number of hydrogen-bond donors (Lipinski definition) is 1. The van der Waals surface area contributed by atoms with Crippen LogP contribution in [0.25, 0.3) is 21.9 Å². The molecule has 0 spiro atoms. The van der Waals surface area contributed by atoms with Gasteiger partial charge in [-0.2, -0.15) is 0 Å². The Morgan fingerprint density at radius 2 is 1.59 bits per heavy atom. The smallest absolute Gasteiger partial charge is 0.166 e. The minimum absolute atomic E-state index is 0.0531. The lowest BCUT2D eigenvalue weighted by Gasteiger charge is -2.12. The number of aldehydes is 1. The molecule has 5 heteroatoms. The van der Waals surface area contributed by atoms with Crippen LogP contribution in [0.1, 0.15) is 10.4 Å². The zero-order valence-electron chi connectivity index (χ0n) is 11.1. The highest BCUT2D eigenvalue weighted by atomic mass is 19.2. The molecule has 0 aromatic heterocycles. The molecule has 2 nitrogen and oxygen atoms in total. The number of carbonyl (C=O) groups is 1. The van der Waals surface area contributed by atoms with E-state index >= 15 is 0 Å². The Morgan fingerprint density at radius 3 is 2.27 bits per heavy atom. The monoisotopic (exact) mass is 302 g/mol. The second-order valence-corrected chi connectivity index (χ2v) is 4.77. The lowest BCUT2D eigenvalue weighted by Crippen LogP contribution is -1.97. The van der Waals surface area contributed by atoms with Gasteiger partial charge in [0.25, 0.3) is 0 Å². The van der Waals surface area contributed by atoms with Crippen LogP contribution in [-0.2, 0) is 0 Å². The van der Waals surface area contributed by atoms with E-state index in [0.29, 0.717) is 23.1 Å². The van der Waals surface area contributed by atoms with Gasteiger partial charge in [0.2, 0.25) is 0 Å². The maximum Gasteiger partial charge on any atom is 0.166 e. The highest BCUT2D eigenvalue weighted by Crippen LogP contribution is 2.37. The number of benzene rings is 3. The Kier molecular flexibility index (Phi) is 3.33. The summed E-state index contributed by atoms with van der Waals surface area (Å²) in [6.07, 6.45) is 0.472. The molecule has 3 aromatic rings. The normalized spacial score (nSPS) is 10.9. The fourth-order valence-corrected chi connectivity index (χ4v) is 2.48. The molecule has 1 N–H and O–H groups in total. The number of carbonyl (C=O) groups excluding carboxylic acids is 1. The average molecular weight is 302 g/mol. The van der Waals surface area contributed by atoms with Crippen LogP contribution in [0.5, 0.6) is 5.75 Å². The van der Waals surface area contributed by atoms with E-state index in [0.717, 1.165) is 12.1 Å². The van der Waals surface area contributed by atoms with E-state index in [1.807, 2.05) is 0 Å². The van der Waals surface area contributed by atoms with E-state index in [1.54, 1.807) is 24.3 Å². The number of rotatable bonds is 2. The van der Waals surface area contributed by atoms with Crippen molar-refractivity contribution >= 4 is 17.1 Å². The van der Waals surface area contributed by atoms with Crippen molar-refractivity contribution in [1.82, 2.24) is 0 Å². The van der Waals surface area contributed by atoms with Gasteiger partial charge in [-0.3, -0.25) is 4.79 Å². The van der Waals surface area contributed by atoms with Gasteiger partial charge in [-0.15, -0.1) is 0 Å². The van der Waals surface area contributed by atoms with E-state index in [-0.39, 0.29) is 16.9 Å². The van der Waals surface area contributed by atoms with Crippen molar-refractivity contribution in [3.05, 3.63) is 65.5 Å². The third-order valence-electron chi connectivity index (χ3n) is 3.47. The highest BCUT2D eigenvalue weighted by molar-refractivity contribution is 6.07. The molecule has 0 aliphatic heterocycles. The van der Waals surface area contributed by atoms with Crippen LogP contribution in [0.4, 0.5) is 13.2 Å². The number of aromatic hydroxyl groups is 1. The molecule has 0 saturated carbocycles. The summed E-state index contributed by atoms with van der Waals surface area (Å²) >= 11 is 0. The predicted octanol–water partition coefficient (Wildman–Crippen LogP) is 4.44. The van der Waals surface area contributed by atoms with Crippen LogP contribution in [0.15, 0.2) is 42.5 Å². The minimum atomic E-state index is -1.36. The van der Waals surface area contributed by atoms with E-state index < -0.39 is 23.0 Å². The largest absolute Gasteiger partial charge is 0.507 e. The van der Waals surface area contributed by atoms with Gasteiger partial charge in [-0.1, -0.05) is 24.3 Å². The lowest BCUT2D eigenvalue weighted by atomic mass is 9.93. The molecule has 0 aliphatic carbocycles. The molecule has 3 rings (SSSR count). The molecule has 0 aliphatic rings. The van der Waals surface area contributed by atoms with Crippen molar-refractivity contribution < 1.29 is 23.1 Å². The molecule has 3 aromatic carbocycles. The second kappa shape index (κ2) is 5.18. The zero-order valence-corrected chi connectivity index (χ0v) is 11.1. The van der Waals surface area contributed by atoms with Gasteiger partial charge in [0.1, 0.15) is 11.6 Å². The van der Waals surface area contributed by atoms with Crippen LogP contribution in [0.3, 0.4) is 0 Å². The van der Waals surface area contributed by atoms with Crippen LogP contribution in [0.2, 0.25) is 0 Å². The first kappa shape index (κ1) is 14.1. The van der Waals surface area contributed by atoms with Crippen molar-refractivity contribution in [3.8, 4) is 16.9 Å². The Bertz CT molecular complexity index is 904. The first-order chi connectivity index (χ1) is 10.5. The minimum Gasteiger partial charge on any atom is -0.507 e. The predicted molar refractivity (Wildman–Crippen MR) is 76.3 cm³/mol. The Hall–Kier alpha value is -2.82. The molecule has 0 unspecified atom stereocenters. The van der Waals surface area contributed by atoms with Gasteiger partial charge >= 0.3 is 0 Å². The van der Waals surface area contributed by atoms with Crippen LogP contribution in [-0.4, -0.2) is 11.4 Å². The fraction of sp³-hybridized carbons (Fsp3) is 0. The van der Waals surface area contributed by atoms with Crippen molar-refractivity contribution in [3.63, 3.8) is 0 Å². The Morgan fingerprint density at radius 1 is 0.909 bits per heavy atom. The topological polar surface area (TPSA) is 37.3 Å². The molecule has 0 bridgehead atoms. The summed E-state index contributed by atoms with van der Waals surface area (Å²) < 4.78 is 40.8. The van der Waals surface area contributed by atoms with Crippen molar-refractivity contribution in [2.75, 3.05) is 0 Å². The molecule has 0 saturated heterocycles. The summed E-state index contributed by atoms with van der Waals surface area (Å²) in [5, 5.41) is 10.8. The summed E-state index contributed by atoms with van der Waals surface area (Å²) in [4.78, 5) is 11.4. The average Bonchev–Trinajstić information content (AvgIpc) is 2.51. The van der Waals surface area contributed by atoms with Gasteiger partial charge in [-0.25, -0.2) is 13.2 Å². The molecule has 0 radical (unpaired) electrons.